The van der Waals surface area contributed by atoms with E-state index in [4.69, 9.17) is 10.8 Å². The molecule has 11 heavy (non-hydrogen) atoms. The summed E-state index contributed by atoms with van der Waals surface area (Å²) in [5.41, 5.74) is 5.46. The molecule has 3 heteroatoms. The van der Waals surface area contributed by atoms with Gasteiger partial charge in [-0.1, -0.05) is 12.2 Å². The average Bonchev–Trinajstić information content (AvgIpc) is 2.05. The number of nitrogens with two attached hydrogens (primary N) is 1. The minimum atomic E-state index is -0.884. The Labute approximate surface area is 65.9 Å². The molecule has 0 fully saturated rings. The molecular weight excluding hydrogens is 142 g/mol. The van der Waals surface area contributed by atoms with E-state index in [9.17, 15) is 4.79 Å². The van der Waals surface area contributed by atoms with Crippen LogP contribution in [0.4, 0.5) is 0 Å². The predicted octanol–water partition coefficient (Wildman–Crippen LogP) is 0.755. The standard InChI is InChI=1S/C8H13NO2/c9-7(8(10)11)6-4-2-1-3-5-6/h1-2,6-7H,3-5,9H2,(H,10,11)/t6-,7-/m1/s1. The Morgan fingerprint density at radius 3 is 2.82 bits per heavy atom. The second-order valence-corrected chi connectivity index (χ2v) is 2.91. The topological polar surface area (TPSA) is 63.3 Å². The van der Waals surface area contributed by atoms with Gasteiger partial charge >= 0.3 is 5.97 Å². The number of carboxylic acid groups (broad SMARTS) is 1. The van der Waals surface area contributed by atoms with Crippen molar-refractivity contribution in [2.45, 2.75) is 25.3 Å². The van der Waals surface area contributed by atoms with Gasteiger partial charge in [0.2, 0.25) is 0 Å². The van der Waals surface area contributed by atoms with Crippen LogP contribution in [0.2, 0.25) is 0 Å². The maximum absolute atomic E-state index is 10.4. The first-order valence-corrected chi connectivity index (χ1v) is 3.85. The summed E-state index contributed by atoms with van der Waals surface area (Å²) < 4.78 is 0. The quantitative estimate of drug-likeness (QED) is 0.578. The average molecular weight is 155 g/mol. The van der Waals surface area contributed by atoms with Gasteiger partial charge in [0, 0.05) is 0 Å². The zero-order chi connectivity index (χ0) is 8.27. The van der Waals surface area contributed by atoms with Crippen LogP contribution in [0.3, 0.4) is 0 Å². The SMILES string of the molecule is N[C@@H](C(=O)O)[C@@H]1CC=CCC1. The lowest BCUT2D eigenvalue weighted by molar-refractivity contribution is -0.139. The van der Waals surface area contributed by atoms with Gasteiger partial charge in [-0.15, -0.1) is 0 Å². The smallest absolute Gasteiger partial charge is 0.320 e. The molecule has 3 N–H and O–H groups in total. The van der Waals surface area contributed by atoms with Gasteiger partial charge in [-0.05, 0) is 25.2 Å². The molecule has 62 valence electrons. The Balaban J connectivity index is 2.46. The molecule has 1 aliphatic rings. The zero-order valence-corrected chi connectivity index (χ0v) is 6.36. The van der Waals surface area contributed by atoms with Crippen molar-refractivity contribution in [3.63, 3.8) is 0 Å². The molecule has 0 spiro atoms. The molecule has 1 aliphatic carbocycles. The number of rotatable bonds is 2. The molecule has 2 atom stereocenters. The Hall–Kier alpha value is -0.830. The van der Waals surface area contributed by atoms with Crippen LogP contribution >= 0.6 is 0 Å². The van der Waals surface area contributed by atoms with E-state index in [1.54, 1.807) is 0 Å². The lowest BCUT2D eigenvalue weighted by Crippen LogP contribution is -2.38. The molecule has 0 aromatic heterocycles. The molecule has 0 heterocycles. The lowest BCUT2D eigenvalue weighted by Gasteiger charge is -2.20. The molecule has 0 aromatic carbocycles. The van der Waals surface area contributed by atoms with E-state index >= 15 is 0 Å². The van der Waals surface area contributed by atoms with Gasteiger partial charge in [-0.25, -0.2) is 0 Å². The molecule has 0 aliphatic heterocycles. The molecule has 0 bridgehead atoms. The monoisotopic (exact) mass is 155 g/mol. The van der Waals surface area contributed by atoms with E-state index in [-0.39, 0.29) is 5.92 Å². The minimum Gasteiger partial charge on any atom is -0.480 e. The third-order valence-corrected chi connectivity index (χ3v) is 2.10. The van der Waals surface area contributed by atoms with E-state index in [0.717, 1.165) is 19.3 Å². The summed E-state index contributed by atoms with van der Waals surface area (Å²) in [5.74, 6) is -0.747. The lowest BCUT2D eigenvalue weighted by atomic mass is 9.88. The highest BCUT2D eigenvalue weighted by molar-refractivity contribution is 5.73. The number of hydrogen-bond acceptors (Lipinski definition) is 2. The van der Waals surface area contributed by atoms with E-state index in [1.165, 1.54) is 0 Å². The van der Waals surface area contributed by atoms with Crippen LogP contribution in [0.15, 0.2) is 12.2 Å². The van der Waals surface area contributed by atoms with Gasteiger partial charge in [-0.2, -0.15) is 0 Å². The van der Waals surface area contributed by atoms with Crippen molar-refractivity contribution >= 4 is 5.97 Å². The van der Waals surface area contributed by atoms with Crippen LogP contribution in [0.1, 0.15) is 19.3 Å². The molecule has 0 unspecified atom stereocenters. The van der Waals surface area contributed by atoms with Gasteiger partial charge in [0.15, 0.2) is 0 Å². The highest BCUT2D eigenvalue weighted by Gasteiger charge is 2.23. The summed E-state index contributed by atoms with van der Waals surface area (Å²) in [6.45, 7) is 0. The van der Waals surface area contributed by atoms with Crippen LogP contribution in [0.25, 0.3) is 0 Å². The summed E-state index contributed by atoms with van der Waals surface area (Å²) in [6, 6.07) is -0.681. The summed E-state index contributed by atoms with van der Waals surface area (Å²) in [7, 11) is 0. The van der Waals surface area contributed by atoms with Crippen molar-refractivity contribution in [3.05, 3.63) is 12.2 Å². The number of hydrogen-bond donors (Lipinski definition) is 2. The first-order valence-electron chi connectivity index (χ1n) is 3.85. The summed E-state index contributed by atoms with van der Waals surface area (Å²) in [5, 5.41) is 8.59. The molecule has 0 radical (unpaired) electrons. The largest absolute Gasteiger partial charge is 0.480 e. The third kappa shape index (κ3) is 2.05. The highest BCUT2D eigenvalue weighted by atomic mass is 16.4. The second kappa shape index (κ2) is 3.53. The van der Waals surface area contributed by atoms with Crippen molar-refractivity contribution in [1.82, 2.24) is 0 Å². The molecule has 0 saturated carbocycles. The Kier molecular flexibility index (Phi) is 2.65. The summed E-state index contributed by atoms with van der Waals surface area (Å²) in [6.07, 6.45) is 6.77. The van der Waals surface area contributed by atoms with Gasteiger partial charge in [0.05, 0.1) is 0 Å². The van der Waals surface area contributed by atoms with Crippen LogP contribution in [0, 0.1) is 5.92 Å². The van der Waals surface area contributed by atoms with Crippen molar-refractivity contribution in [2.75, 3.05) is 0 Å². The van der Waals surface area contributed by atoms with Crippen molar-refractivity contribution < 1.29 is 9.90 Å². The fourth-order valence-corrected chi connectivity index (χ4v) is 1.34. The zero-order valence-electron chi connectivity index (χ0n) is 6.36. The molecule has 1 rings (SSSR count). The van der Waals surface area contributed by atoms with Crippen LogP contribution in [-0.4, -0.2) is 17.1 Å². The van der Waals surface area contributed by atoms with E-state index in [0.29, 0.717) is 0 Å². The maximum Gasteiger partial charge on any atom is 0.320 e. The van der Waals surface area contributed by atoms with Crippen LogP contribution in [0.5, 0.6) is 0 Å². The van der Waals surface area contributed by atoms with Gasteiger partial charge in [0.25, 0.3) is 0 Å². The minimum absolute atomic E-state index is 0.137. The third-order valence-electron chi connectivity index (χ3n) is 2.10. The first-order chi connectivity index (χ1) is 5.22. The first kappa shape index (κ1) is 8.27. The predicted molar refractivity (Wildman–Crippen MR) is 42.1 cm³/mol. The molecule has 0 amide bonds. The fourth-order valence-electron chi connectivity index (χ4n) is 1.34. The van der Waals surface area contributed by atoms with E-state index in [1.807, 2.05) is 6.08 Å². The molecule has 0 aromatic rings. The summed E-state index contributed by atoms with van der Waals surface area (Å²) >= 11 is 0. The second-order valence-electron chi connectivity index (χ2n) is 2.91. The number of carbonyl (C=O) groups is 1. The van der Waals surface area contributed by atoms with Crippen molar-refractivity contribution in [3.8, 4) is 0 Å². The number of allylic oxidation sites excluding steroid dienone is 2. The van der Waals surface area contributed by atoms with E-state index < -0.39 is 12.0 Å². The molecular formula is C8H13NO2. The molecule has 0 saturated heterocycles. The van der Waals surface area contributed by atoms with Crippen LogP contribution in [-0.2, 0) is 4.79 Å². The Bertz CT molecular complexity index is 177. The van der Waals surface area contributed by atoms with Gasteiger partial charge in [-0.3, -0.25) is 4.79 Å². The molecule has 3 nitrogen and oxygen atoms in total. The summed E-state index contributed by atoms with van der Waals surface area (Å²) in [4.78, 5) is 10.4. The Morgan fingerprint density at radius 1 is 1.64 bits per heavy atom. The Morgan fingerprint density at radius 2 is 2.36 bits per heavy atom. The van der Waals surface area contributed by atoms with Crippen molar-refractivity contribution in [2.24, 2.45) is 11.7 Å². The van der Waals surface area contributed by atoms with Crippen molar-refractivity contribution in [1.29, 1.82) is 0 Å². The van der Waals surface area contributed by atoms with Gasteiger partial charge < -0.3 is 10.8 Å². The maximum atomic E-state index is 10.4. The number of carboxylic acids is 1. The van der Waals surface area contributed by atoms with Crippen LogP contribution < -0.4 is 5.73 Å². The number of aliphatic carboxylic acids is 1. The van der Waals surface area contributed by atoms with Gasteiger partial charge in [0.1, 0.15) is 6.04 Å². The highest BCUT2D eigenvalue weighted by Crippen LogP contribution is 2.20. The van der Waals surface area contributed by atoms with E-state index in [2.05, 4.69) is 6.08 Å². The normalized spacial score (nSPS) is 26.5. The fraction of sp³-hybridized carbons (Fsp3) is 0.625.